The average Bonchev–Trinajstić information content (AvgIpc) is 3.76. The zero-order valence-electron chi connectivity index (χ0n) is 29.8. The van der Waals surface area contributed by atoms with Gasteiger partial charge in [0, 0.05) is 36.6 Å². The number of hydrogen-bond acceptors (Lipinski definition) is 9. The summed E-state index contributed by atoms with van der Waals surface area (Å²) >= 11 is 0. The molecule has 2 amide bonds. The third-order valence-electron chi connectivity index (χ3n) is 9.54. The lowest BCUT2D eigenvalue weighted by Crippen LogP contribution is -2.51. The fourth-order valence-electron chi connectivity index (χ4n) is 6.99. The quantitative estimate of drug-likeness (QED) is 0.197. The Balaban J connectivity index is 1.37. The van der Waals surface area contributed by atoms with Crippen LogP contribution in [0, 0.1) is 23.7 Å². The van der Waals surface area contributed by atoms with E-state index in [1.807, 2.05) is 44.2 Å². The van der Waals surface area contributed by atoms with Gasteiger partial charge >= 0.3 is 6.09 Å². The van der Waals surface area contributed by atoms with E-state index in [1.165, 1.54) is 16.4 Å². The number of fused-ring (bicyclic) bond motifs is 2. The van der Waals surface area contributed by atoms with Crippen LogP contribution in [0.1, 0.15) is 59.1 Å². The number of aliphatic hydroxyl groups is 1. The average molecular weight is 713 g/mol. The van der Waals surface area contributed by atoms with Gasteiger partial charge < -0.3 is 35.3 Å². The van der Waals surface area contributed by atoms with Crippen LogP contribution >= 0.6 is 0 Å². The third kappa shape index (κ3) is 8.86. The number of aliphatic hydroxyl groups excluding tert-OH is 1. The number of amides is 2. The van der Waals surface area contributed by atoms with Crippen molar-refractivity contribution in [2.45, 2.75) is 89.9 Å². The third-order valence-corrected chi connectivity index (χ3v) is 11.4. The van der Waals surface area contributed by atoms with Crippen LogP contribution in [0.15, 0.2) is 59.6 Å². The van der Waals surface area contributed by atoms with Gasteiger partial charge in [0.25, 0.3) is 5.91 Å². The van der Waals surface area contributed by atoms with Crippen LogP contribution in [0.2, 0.25) is 0 Å². The molecule has 3 heterocycles. The van der Waals surface area contributed by atoms with Crippen molar-refractivity contribution < 1.29 is 37.3 Å². The minimum Gasteiger partial charge on any atom is -0.443 e. The van der Waals surface area contributed by atoms with Crippen molar-refractivity contribution in [1.82, 2.24) is 14.9 Å². The first-order valence-electron chi connectivity index (χ1n) is 17.6. The minimum atomic E-state index is -4.16. The summed E-state index contributed by atoms with van der Waals surface area (Å²) in [7, 11) is -4.16. The summed E-state index contributed by atoms with van der Waals surface area (Å²) in [6, 6.07) is 13.2. The molecule has 0 spiro atoms. The minimum absolute atomic E-state index is 0.00248. The number of sulfonamides is 1. The topological polar surface area (TPSA) is 156 Å². The highest BCUT2D eigenvalue weighted by Gasteiger charge is 2.44. The molecule has 5 atom stereocenters. The van der Waals surface area contributed by atoms with Crippen molar-refractivity contribution in [3.8, 4) is 0 Å². The van der Waals surface area contributed by atoms with E-state index in [9.17, 15) is 23.1 Å². The number of hydrogen-bond donors (Lipinski definition) is 4. The molecule has 2 saturated heterocycles. The molecule has 0 radical (unpaired) electrons. The SMILES string of the molecule is CC(C)CN(CC(O)C(Cc1ccccc1)NC(=O)OC1COC2OCCC12)S(=O)(=O)c1ccc2c(c1)C(=CNC(C(C)C)C(C)C)C(=O)N2. The molecule has 13 heteroatoms. The first kappa shape index (κ1) is 37.8. The predicted molar refractivity (Wildman–Crippen MR) is 190 cm³/mol. The summed E-state index contributed by atoms with van der Waals surface area (Å²) in [6.07, 6.45) is -0.241. The van der Waals surface area contributed by atoms with E-state index in [0.717, 1.165) is 12.0 Å². The lowest BCUT2D eigenvalue weighted by molar-refractivity contribution is -0.110. The van der Waals surface area contributed by atoms with E-state index >= 15 is 0 Å². The van der Waals surface area contributed by atoms with Gasteiger partial charge in [0.15, 0.2) is 6.29 Å². The molecule has 274 valence electrons. The fourth-order valence-corrected chi connectivity index (χ4v) is 8.64. The van der Waals surface area contributed by atoms with Crippen molar-refractivity contribution in [1.29, 1.82) is 0 Å². The summed E-state index contributed by atoms with van der Waals surface area (Å²) in [5.41, 5.74) is 2.21. The van der Waals surface area contributed by atoms with Crippen molar-refractivity contribution in [2.75, 3.05) is 31.6 Å². The molecule has 0 aliphatic carbocycles. The number of anilines is 1. The van der Waals surface area contributed by atoms with E-state index in [1.54, 1.807) is 12.3 Å². The fraction of sp³-hybridized carbons (Fsp3) is 0.568. The van der Waals surface area contributed by atoms with Crippen LogP contribution in [-0.4, -0.2) is 86.7 Å². The van der Waals surface area contributed by atoms with Gasteiger partial charge in [0.1, 0.15) is 6.10 Å². The molecule has 12 nitrogen and oxygen atoms in total. The van der Waals surface area contributed by atoms with Gasteiger partial charge in [-0.2, -0.15) is 4.31 Å². The Morgan fingerprint density at radius 1 is 1.06 bits per heavy atom. The molecule has 5 unspecified atom stereocenters. The van der Waals surface area contributed by atoms with Crippen LogP contribution in [-0.2, 0) is 35.4 Å². The number of carbonyl (C=O) groups is 2. The number of nitrogens with one attached hydrogen (secondary N) is 3. The molecule has 2 aromatic carbocycles. The van der Waals surface area contributed by atoms with Crippen molar-refractivity contribution in [3.05, 3.63) is 65.9 Å². The van der Waals surface area contributed by atoms with Gasteiger partial charge in [-0.3, -0.25) is 4.79 Å². The summed E-state index contributed by atoms with van der Waals surface area (Å²) in [5, 5.41) is 20.7. The molecule has 3 aliphatic rings. The van der Waals surface area contributed by atoms with Crippen LogP contribution in [0.25, 0.3) is 5.57 Å². The molecular weight excluding hydrogens is 660 g/mol. The van der Waals surface area contributed by atoms with Crippen LogP contribution < -0.4 is 16.0 Å². The lowest BCUT2D eigenvalue weighted by Gasteiger charge is -2.31. The number of carbonyl (C=O) groups excluding carboxylic acids is 2. The van der Waals surface area contributed by atoms with Crippen molar-refractivity contribution >= 4 is 33.3 Å². The highest BCUT2D eigenvalue weighted by atomic mass is 32.2. The highest BCUT2D eigenvalue weighted by Crippen LogP contribution is 2.35. The Kier molecular flexibility index (Phi) is 12.3. The Morgan fingerprint density at radius 2 is 1.78 bits per heavy atom. The number of rotatable bonds is 15. The maximum absolute atomic E-state index is 14.3. The van der Waals surface area contributed by atoms with Crippen molar-refractivity contribution in [3.63, 3.8) is 0 Å². The lowest BCUT2D eigenvalue weighted by atomic mass is 9.93. The molecule has 0 aromatic heterocycles. The molecule has 2 fully saturated rings. The number of ether oxygens (including phenoxy) is 3. The summed E-state index contributed by atoms with van der Waals surface area (Å²) in [5.74, 6) is 0.177. The molecular formula is C37H52N4O8S. The smallest absolute Gasteiger partial charge is 0.407 e. The van der Waals surface area contributed by atoms with Gasteiger partial charge in [0.2, 0.25) is 10.0 Å². The van der Waals surface area contributed by atoms with E-state index in [2.05, 4.69) is 43.6 Å². The van der Waals surface area contributed by atoms with Gasteiger partial charge in [-0.05, 0) is 54.4 Å². The Labute approximate surface area is 296 Å². The molecule has 50 heavy (non-hydrogen) atoms. The standard InChI is InChI=1S/C37H52N4O8S/c1-22(2)19-41(50(45,46)26-12-13-30-28(17-26)29(35(43)39-30)18-38-34(23(3)4)24(5)6)20-32(42)31(16-25-10-8-7-9-11-25)40-37(44)49-33-21-48-36-27(33)14-15-47-36/h7-13,17-18,22-24,27,31-34,36,38,42H,14-16,19-21H2,1-6H3,(H,39,43)(H,40,44). The van der Waals surface area contributed by atoms with Gasteiger partial charge in [-0.15, -0.1) is 0 Å². The van der Waals surface area contributed by atoms with Gasteiger partial charge in [0.05, 0.1) is 41.7 Å². The molecule has 0 bridgehead atoms. The number of nitrogens with zero attached hydrogens (tertiary/aromatic N) is 1. The van der Waals surface area contributed by atoms with Gasteiger partial charge in [-0.1, -0.05) is 71.9 Å². The van der Waals surface area contributed by atoms with E-state index in [4.69, 9.17) is 14.2 Å². The normalized spacial score (nSPS) is 22.4. The molecule has 0 saturated carbocycles. The van der Waals surface area contributed by atoms with Crippen molar-refractivity contribution in [2.24, 2.45) is 23.7 Å². The largest absolute Gasteiger partial charge is 0.443 e. The maximum Gasteiger partial charge on any atom is 0.407 e. The zero-order valence-corrected chi connectivity index (χ0v) is 30.6. The monoisotopic (exact) mass is 712 g/mol. The Bertz CT molecular complexity index is 1620. The number of benzene rings is 2. The zero-order chi connectivity index (χ0) is 36.2. The second-order valence-electron chi connectivity index (χ2n) is 14.6. The number of alkyl carbamates (subject to hydrolysis) is 1. The Hall–Kier alpha value is -3.49. The van der Waals surface area contributed by atoms with E-state index in [0.29, 0.717) is 35.3 Å². The van der Waals surface area contributed by atoms with E-state index in [-0.39, 0.29) is 61.1 Å². The first-order chi connectivity index (χ1) is 23.7. The summed E-state index contributed by atoms with van der Waals surface area (Å²) in [6.45, 7) is 12.8. The molecule has 5 rings (SSSR count). The Morgan fingerprint density at radius 3 is 2.46 bits per heavy atom. The predicted octanol–water partition coefficient (Wildman–Crippen LogP) is 4.36. The summed E-state index contributed by atoms with van der Waals surface area (Å²) in [4.78, 5) is 26.2. The first-order valence-corrected chi connectivity index (χ1v) is 19.0. The van der Waals surface area contributed by atoms with Gasteiger partial charge in [-0.25, -0.2) is 13.2 Å². The summed E-state index contributed by atoms with van der Waals surface area (Å²) < 4.78 is 46.8. The van der Waals surface area contributed by atoms with Crippen LogP contribution in [0.4, 0.5) is 10.5 Å². The van der Waals surface area contributed by atoms with E-state index < -0.39 is 34.4 Å². The second-order valence-corrected chi connectivity index (χ2v) is 16.5. The van der Waals surface area contributed by atoms with Crippen LogP contribution in [0.3, 0.4) is 0 Å². The molecule has 3 aliphatic heterocycles. The molecule has 2 aromatic rings. The highest BCUT2D eigenvalue weighted by molar-refractivity contribution is 7.89. The molecule has 4 N–H and O–H groups in total. The van der Waals surface area contributed by atoms with Crippen LogP contribution in [0.5, 0.6) is 0 Å². The second kappa shape index (κ2) is 16.2. The maximum atomic E-state index is 14.3.